The van der Waals surface area contributed by atoms with Gasteiger partial charge in [0.05, 0.1) is 6.61 Å². The number of hydrogen-bond acceptors (Lipinski definition) is 3. The van der Waals surface area contributed by atoms with Gasteiger partial charge < -0.3 is 10.4 Å². The van der Waals surface area contributed by atoms with Crippen LogP contribution in [0.1, 0.15) is 26.2 Å². The van der Waals surface area contributed by atoms with E-state index in [-0.39, 0.29) is 6.61 Å². The van der Waals surface area contributed by atoms with Crippen molar-refractivity contribution < 1.29 is 5.11 Å². The fourth-order valence-electron chi connectivity index (χ4n) is 2.12. The van der Waals surface area contributed by atoms with Gasteiger partial charge in [0.25, 0.3) is 0 Å². The van der Waals surface area contributed by atoms with Crippen molar-refractivity contribution in [1.82, 2.24) is 10.2 Å². The van der Waals surface area contributed by atoms with E-state index >= 15 is 0 Å². The molecule has 0 bridgehead atoms. The van der Waals surface area contributed by atoms with E-state index < -0.39 is 0 Å². The second-order valence-electron chi connectivity index (χ2n) is 4.33. The molecule has 0 aromatic rings. The van der Waals surface area contributed by atoms with E-state index in [0.29, 0.717) is 6.04 Å². The van der Waals surface area contributed by atoms with E-state index in [2.05, 4.69) is 23.7 Å². The van der Waals surface area contributed by atoms with E-state index in [4.69, 9.17) is 0 Å². The first-order chi connectivity index (χ1) is 7.27. The number of rotatable bonds is 6. The van der Waals surface area contributed by atoms with Gasteiger partial charge in [0, 0.05) is 19.1 Å². The second kappa shape index (κ2) is 6.99. The Bertz CT molecular complexity index is 194. The van der Waals surface area contributed by atoms with Crippen molar-refractivity contribution in [2.24, 2.45) is 0 Å². The Balaban J connectivity index is 2.30. The molecular weight excluding hydrogens is 188 g/mol. The Labute approximate surface area is 93.2 Å². The van der Waals surface area contributed by atoms with Gasteiger partial charge in [-0.25, -0.2) is 0 Å². The van der Waals surface area contributed by atoms with Crippen LogP contribution in [0.4, 0.5) is 0 Å². The van der Waals surface area contributed by atoms with Crippen molar-refractivity contribution in [3.8, 4) is 0 Å². The lowest BCUT2D eigenvalue weighted by Crippen LogP contribution is -2.43. The van der Waals surface area contributed by atoms with Crippen LogP contribution in [0.3, 0.4) is 0 Å². The molecular formula is C12H24N2O. The Morgan fingerprint density at radius 2 is 2.33 bits per heavy atom. The molecule has 1 unspecified atom stereocenters. The molecule has 1 aliphatic rings. The average molecular weight is 212 g/mol. The zero-order chi connectivity index (χ0) is 11.1. The van der Waals surface area contributed by atoms with Crippen LogP contribution in [-0.2, 0) is 0 Å². The quantitative estimate of drug-likeness (QED) is 0.645. The minimum atomic E-state index is 0.286. The van der Waals surface area contributed by atoms with Crippen molar-refractivity contribution in [2.75, 3.05) is 32.8 Å². The molecule has 0 amide bonds. The summed E-state index contributed by atoms with van der Waals surface area (Å²) in [6.07, 6.45) is 3.64. The summed E-state index contributed by atoms with van der Waals surface area (Å²) in [7, 11) is 0. The largest absolute Gasteiger partial charge is 0.395 e. The number of likely N-dealkylation sites (tertiary alicyclic amines) is 1. The molecule has 1 saturated heterocycles. The second-order valence-corrected chi connectivity index (χ2v) is 4.33. The van der Waals surface area contributed by atoms with Gasteiger partial charge in [-0.1, -0.05) is 19.9 Å². The van der Waals surface area contributed by atoms with Gasteiger partial charge in [-0.15, -0.1) is 0 Å². The SMILES string of the molecule is C=C(CNCC)CN1CCCCC1CO. The lowest BCUT2D eigenvalue weighted by atomic mass is 10.0. The molecule has 0 aromatic carbocycles. The molecule has 3 nitrogen and oxygen atoms in total. The van der Waals surface area contributed by atoms with Gasteiger partial charge >= 0.3 is 0 Å². The maximum Gasteiger partial charge on any atom is 0.0586 e. The molecule has 1 aliphatic heterocycles. The Hall–Kier alpha value is -0.380. The molecule has 3 heteroatoms. The van der Waals surface area contributed by atoms with Crippen LogP contribution in [0.2, 0.25) is 0 Å². The first-order valence-electron chi connectivity index (χ1n) is 6.00. The number of nitrogens with zero attached hydrogens (tertiary/aromatic N) is 1. The van der Waals surface area contributed by atoms with Gasteiger partial charge in [-0.3, -0.25) is 4.90 Å². The molecule has 2 N–H and O–H groups in total. The highest BCUT2D eigenvalue weighted by molar-refractivity contribution is 5.01. The molecule has 0 aromatic heterocycles. The number of likely N-dealkylation sites (N-methyl/N-ethyl adjacent to an activating group) is 1. The van der Waals surface area contributed by atoms with Crippen LogP contribution in [-0.4, -0.2) is 48.8 Å². The molecule has 15 heavy (non-hydrogen) atoms. The minimum absolute atomic E-state index is 0.286. The molecule has 0 aliphatic carbocycles. The van der Waals surface area contributed by atoms with Gasteiger partial charge in [-0.2, -0.15) is 0 Å². The third-order valence-electron chi connectivity index (χ3n) is 3.01. The summed E-state index contributed by atoms with van der Waals surface area (Å²) in [4.78, 5) is 2.36. The third kappa shape index (κ3) is 4.33. The van der Waals surface area contributed by atoms with Crippen LogP contribution in [0.5, 0.6) is 0 Å². The summed E-state index contributed by atoms with van der Waals surface area (Å²) >= 11 is 0. The third-order valence-corrected chi connectivity index (χ3v) is 3.01. The zero-order valence-corrected chi connectivity index (χ0v) is 9.84. The number of aliphatic hydroxyl groups is 1. The number of nitrogens with one attached hydrogen (secondary N) is 1. The molecule has 1 atom stereocenters. The minimum Gasteiger partial charge on any atom is -0.395 e. The lowest BCUT2D eigenvalue weighted by Gasteiger charge is -2.35. The number of piperidine rings is 1. The summed E-state index contributed by atoms with van der Waals surface area (Å²) in [5.41, 5.74) is 1.22. The van der Waals surface area contributed by atoms with Crippen molar-refractivity contribution in [1.29, 1.82) is 0 Å². The predicted octanol–water partition coefficient (Wildman–Crippen LogP) is 0.999. The lowest BCUT2D eigenvalue weighted by molar-refractivity contribution is 0.0982. The van der Waals surface area contributed by atoms with E-state index in [1.165, 1.54) is 18.4 Å². The summed E-state index contributed by atoms with van der Waals surface area (Å²) in [5, 5.41) is 12.5. The number of hydrogen-bond donors (Lipinski definition) is 2. The monoisotopic (exact) mass is 212 g/mol. The van der Waals surface area contributed by atoms with Crippen LogP contribution >= 0.6 is 0 Å². The first-order valence-corrected chi connectivity index (χ1v) is 6.00. The highest BCUT2D eigenvalue weighted by Gasteiger charge is 2.21. The van der Waals surface area contributed by atoms with E-state index in [1.54, 1.807) is 0 Å². The highest BCUT2D eigenvalue weighted by Crippen LogP contribution is 2.17. The maximum absolute atomic E-state index is 9.26. The molecule has 1 rings (SSSR count). The summed E-state index contributed by atoms with van der Waals surface area (Å²) in [6.45, 7) is 10.4. The first kappa shape index (κ1) is 12.7. The zero-order valence-electron chi connectivity index (χ0n) is 9.84. The molecule has 88 valence electrons. The van der Waals surface area contributed by atoms with Crippen molar-refractivity contribution in [3.63, 3.8) is 0 Å². The van der Waals surface area contributed by atoms with Crippen LogP contribution < -0.4 is 5.32 Å². The topological polar surface area (TPSA) is 35.5 Å². The summed E-state index contributed by atoms with van der Waals surface area (Å²) in [5.74, 6) is 0. The smallest absolute Gasteiger partial charge is 0.0586 e. The number of aliphatic hydroxyl groups excluding tert-OH is 1. The fraction of sp³-hybridized carbons (Fsp3) is 0.833. The molecule has 0 saturated carbocycles. The van der Waals surface area contributed by atoms with Crippen LogP contribution in [0.15, 0.2) is 12.2 Å². The Morgan fingerprint density at radius 1 is 1.53 bits per heavy atom. The molecule has 1 heterocycles. The molecule has 0 spiro atoms. The molecule has 1 fully saturated rings. The fourth-order valence-corrected chi connectivity index (χ4v) is 2.12. The van der Waals surface area contributed by atoms with E-state index in [9.17, 15) is 5.11 Å². The normalized spacial score (nSPS) is 22.9. The van der Waals surface area contributed by atoms with E-state index in [0.717, 1.165) is 32.6 Å². The predicted molar refractivity (Wildman–Crippen MR) is 64.0 cm³/mol. The average Bonchev–Trinajstić information content (AvgIpc) is 2.27. The van der Waals surface area contributed by atoms with Crippen molar-refractivity contribution >= 4 is 0 Å². The molecule has 0 radical (unpaired) electrons. The van der Waals surface area contributed by atoms with E-state index in [1.807, 2.05) is 0 Å². The standard InChI is InChI=1S/C12H24N2O/c1-3-13-8-11(2)9-14-7-5-4-6-12(14)10-15/h12-13,15H,2-10H2,1H3. The Morgan fingerprint density at radius 3 is 3.00 bits per heavy atom. The van der Waals surface area contributed by atoms with Gasteiger partial charge in [0.15, 0.2) is 0 Å². The highest BCUT2D eigenvalue weighted by atomic mass is 16.3. The van der Waals surface area contributed by atoms with Crippen molar-refractivity contribution in [3.05, 3.63) is 12.2 Å². The van der Waals surface area contributed by atoms with Gasteiger partial charge in [0.1, 0.15) is 0 Å². The van der Waals surface area contributed by atoms with Gasteiger partial charge in [-0.05, 0) is 31.5 Å². The van der Waals surface area contributed by atoms with Crippen LogP contribution in [0.25, 0.3) is 0 Å². The summed E-state index contributed by atoms with van der Waals surface area (Å²) in [6, 6.07) is 0.358. The maximum atomic E-state index is 9.26. The van der Waals surface area contributed by atoms with Gasteiger partial charge in [0.2, 0.25) is 0 Å². The van der Waals surface area contributed by atoms with Crippen LogP contribution in [0, 0.1) is 0 Å². The van der Waals surface area contributed by atoms with Crippen molar-refractivity contribution in [2.45, 2.75) is 32.2 Å². The Kier molecular flexibility index (Phi) is 5.91. The summed E-state index contributed by atoms with van der Waals surface area (Å²) < 4.78 is 0.